The Labute approximate surface area is 230 Å². The maximum Gasteiger partial charge on any atom is 0.340 e. The van der Waals surface area contributed by atoms with Crippen LogP contribution in [0.4, 0.5) is 17.1 Å². The zero-order valence-corrected chi connectivity index (χ0v) is 23.0. The molecule has 6 rings (SSSR count). The zero-order valence-electron chi connectivity index (χ0n) is 23.0. The molecular weight excluding hydrogens is 484 g/mol. The van der Waals surface area contributed by atoms with Crippen LogP contribution in [-0.4, -0.2) is 19.1 Å². The third-order valence-electron chi connectivity index (χ3n) is 7.82. The lowest BCUT2D eigenvalue weighted by Gasteiger charge is -2.38. The largest absolute Gasteiger partial charge is 0.456 e. The molecule has 0 aromatic heterocycles. The first-order valence-corrected chi connectivity index (χ1v) is 13.8. The maximum atomic E-state index is 13.3. The van der Waals surface area contributed by atoms with E-state index in [2.05, 4.69) is 62.2 Å². The Morgan fingerprint density at radius 1 is 0.872 bits per heavy atom. The smallest absolute Gasteiger partial charge is 0.340 e. The van der Waals surface area contributed by atoms with Crippen LogP contribution < -0.4 is 15.0 Å². The SMILES string of the molecule is CCN(CCC(C)C)c1ccc2c(c1)Oc1cc(C)c(Nc3ccccc3)cc1[C@]21OC(=O)c2ccccc21. The molecule has 5 nitrogen and oxygen atoms in total. The summed E-state index contributed by atoms with van der Waals surface area (Å²) in [7, 11) is 0. The molecular formula is C34H34N2O3. The minimum absolute atomic E-state index is 0.321. The molecule has 1 N–H and O–H groups in total. The Morgan fingerprint density at radius 3 is 2.38 bits per heavy atom. The predicted octanol–water partition coefficient (Wildman–Crippen LogP) is 8.18. The molecule has 4 aromatic carbocycles. The molecule has 0 unspecified atom stereocenters. The number of nitrogens with one attached hydrogen (secondary N) is 1. The van der Waals surface area contributed by atoms with Crippen LogP contribution in [0.5, 0.6) is 11.5 Å². The summed E-state index contributed by atoms with van der Waals surface area (Å²) in [5.41, 5.74) is 6.06. The highest BCUT2D eigenvalue weighted by Crippen LogP contribution is 2.57. The molecule has 4 aromatic rings. The summed E-state index contributed by atoms with van der Waals surface area (Å²) in [5, 5.41) is 3.54. The lowest BCUT2D eigenvalue weighted by atomic mass is 9.77. The van der Waals surface area contributed by atoms with Gasteiger partial charge in [-0.05, 0) is 74.2 Å². The van der Waals surface area contributed by atoms with E-state index in [0.717, 1.165) is 64.6 Å². The number of aryl methyl sites for hydroxylation is 1. The van der Waals surface area contributed by atoms with E-state index in [9.17, 15) is 4.79 Å². The lowest BCUT2D eigenvalue weighted by molar-refractivity contribution is 0.0224. The van der Waals surface area contributed by atoms with Crippen molar-refractivity contribution in [2.24, 2.45) is 5.92 Å². The van der Waals surface area contributed by atoms with Gasteiger partial charge < -0.3 is 19.7 Å². The number of ether oxygens (including phenoxy) is 2. The second kappa shape index (κ2) is 9.81. The number of hydrogen-bond acceptors (Lipinski definition) is 5. The molecule has 5 heteroatoms. The van der Waals surface area contributed by atoms with Crippen molar-refractivity contribution in [1.29, 1.82) is 0 Å². The average Bonchev–Trinajstić information content (AvgIpc) is 3.23. The molecule has 198 valence electrons. The molecule has 1 spiro atoms. The van der Waals surface area contributed by atoms with Crippen molar-refractivity contribution in [3.63, 3.8) is 0 Å². The Hall–Kier alpha value is -4.25. The van der Waals surface area contributed by atoms with Crippen molar-refractivity contribution < 1.29 is 14.3 Å². The van der Waals surface area contributed by atoms with Gasteiger partial charge in [0.1, 0.15) is 11.5 Å². The summed E-state index contributed by atoms with van der Waals surface area (Å²) in [6, 6.07) is 28.2. The number of rotatable bonds is 7. The van der Waals surface area contributed by atoms with Gasteiger partial charge in [0.25, 0.3) is 0 Å². The fourth-order valence-corrected chi connectivity index (χ4v) is 5.70. The Morgan fingerprint density at radius 2 is 1.62 bits per heavy atom. The van der Waals surface area contributed by atoms with Crippen LogP contribution in [0.3, 0.4) is 0 Å². The Bertz CT molecular complexity index is 1550. The molecule has 2 aliphatic heterocycles. The van der Waals surface area contributed by atoms with Crippen molar-refractivity contribution in [3.8, 4) is 11.5 Å². The van der Waals surface area contributed by atoms with Gasteiger partial charge in [0.2, 0.25) is 0 Å². The second-order valence-electron chi connectivity index (χ2n) is 10.8. The van der Waals surface area contributed by atoms with Crippen LogP contribution in [-0.2, 0) is 10.3 Å². The molecule has 39 heavy (non-hydrogen) atoms. The van der Waals surface area contributed by atoms with Crippen molar-refractivity contribution in [1.82, 2.24) is 0 Å². The first-order chi connectivity index (χ1) is 18.9. The average molecular weight is 519 g/mol. The zero-order chi connectivity index (χ0) is 27.1. The number of hydrogen-bond donors (Lipinski definition) is 1. The Balaban J connectivity index is 1.52. The molecule has 0 aliphatic carbocycles. The summed E-state index contributed by atoms with van der Waals surface area (Å²) in [4.78, 5) is 15.7. The van der Waals surface area contributed by atoms with Gasteiger partial charge in [-0.1, -0.05) is 50.2 Å². The topological polar surface area (TPSA) is 50.8 Å². The van der Waals surface area contributed by atoms with Crippen molar-refractivity contribution in [2.75, 3.05) is 23.3 Å². The van der Waals surface area contributed by atoms with E-state index in [1.807, 2.05) is 60.7 Å². The number of carbonyl (C=O) groups is 1. The quantitative estimate of drug-likeness (QED) is 0.250. The number of benzene rings is 4. The summed E-state index contributed by atoms with van der Waals surface area (Å²) in [5.74, 6) is 1.72. The van der Waals surface area contributed by atoms with Crippen molar-refractivity contribution >= 4 is 23.0 Å². The molecule has 0 radical (unpaired) electrons. The molecule has 0 saturated heterocycles. The molecule has 0 amide bonds. The van der Waals surface area contributed by atoms with Gasteiger partial charge in [0.15, 0.2) is 5.60 Å². The van der Waals surface area contributed by atoms with E-state index in [0.29, 0.717) is 17.2 Å². The van der Waals surface area contributed by atoms with Gasteiger partial charge in [-0.2, -0.15) is 0 Å². The summed E-state index contributed by atoms with van der Waals surface area (Å²) < 4.78 is 13.0. The number of anilines is 3. The summed E-state index contributed by atoms with van der Waals surface area (Å²) >= 11 is 0. The van der Waals surface area contributed by atoms with Crippen molar-refractivity contribution in [2.45, 2.75) is 39.7 Å². The Kier molecular flexibility index (Phi) is 6.30. The normalized spacial score (nSPS) is 16.8. The number of fused-ring (bicyclic) bond motifs is 6. The number of carbonyl (C=O) groups excluding carboxylic acids is 1. The van der Waals surface area contributed by atoms with Gasteiger partial charge in [-0.3, -0.25) is 0 Å². The fourth-order valence-electron chi connectivity index (χ4n) is 5.70. The van der Waals surface area contributed by atoms with E-state index in [4.69, 9.17) is 9.47 Å². The van der Waals surface area contributed by atoms with E-state index >= 15 is 0 Å². The maximum absolute atomic E-state index is 13.3. The van der Waals surface area contributed by atoms with Crippen LogP contribution in [0, 0.1) is 12.8 Å². The highest BCUT2D eigenvalue weighted by Gasteiger charge is 2.53. The summed E-state index contributed by atoms with van der Waals surface area (Å²) in [6.07, 6.45) is 1.11. The van der Waals surface area contributed by atoms with E-state index < -0.39 is 5.60 Å². The van der Waals surface area contributed by atoms with Crippen LogP contribution in [0.2, 0.25) is 0 Å². The third kappa shape index (κ3) is 4.22. The highest BCUT2D eigenvalue weighted by atomic mass is 16.6. The monoisotopic (exact) mass is 518 g/mol. The predicted molar refractivity (Wildman–Crippen MR) is 157 cm³/mol. The third-order valence-corrected chi connectivity index (χ3v) is 7.82. The second-order valence-corrected chi connectivity index (χ2v) is 10.8. The van der Waals surface area contributed by atoms with Crippen LogP contribution in [0.1, 0.15) is 59.8 Å². The number of esters is 1. The number of para-hydroxylation sites is 1. The van der Waals surface area contributed by atoms with E-state index in [1.54, 1.807) is 0 Å². The first-order valence-electron chi connectivity index (χ1n) is 13.8. The minimum Gasteiger partial charge on any atom is -0.456 e. The fraction of sp³-hybridized carbons (Fsp3) is 0.265. The van der Waals surface area contributed by atoms with Crippen LogP contribution in [0.15, 0.2) is 84.9 Å². The van der Waals surface area contributed by atoms with E-state index in [-0.39, 0.29) is 5.97 Å². The van der Waals surface area contributed by atoms with Gasteiger partial charge in [0.05, 0.1) is 5.56 Å². The van der Waals surface area contributed by atoms with Gasteiger partial charge >= 0.3 is 5.97 Å². The van der Waals surface area contributed by atoms with Gasteiger partial charge in [-0.25, -0.2) is 4.79 Å². The first kappa shape index (κ1) is 25.1. The summed E-state index contributed by atoms with van der Waals surface area (Å²) in [6.45, 7) is 10.6. The number of nitrogens with zero attached hydrogens (tertiary/aromatic N) is 1. The van der Waals surface area contributed by atoms with Crippen molar-refractivity contribution in [3.05, 3.63) is 113 Å². The van der Waals surface area contributed by atoms with Crippen LogP contribution in [0.25, 0.3) is 0 Å². The molecule has 1 atom stereocenters. The molecule has 0 saturated carbocycles. The lowest BCUT2D eigenvalue weighted by Crippen LogP contribution is -2.33. The molecule has 0 bridgehead atoms. The molecule has 0 fully saturated rings. The van der Waals surface area contributed by atoms with Crippen LogP contribution >= 0.6 is 0 Å². The minimum atomic E-state index is -1.09. The van der Waals surface area contributed by atoms with E-state index in [1.165, 1.54) is 0 Å². The molecule has 2 aliphatic rings. The molecule has 2 heterocycles. The van der Waals surface area contributed by atoms with Gasteiger partial charge in [0, 0.05) is 52.9 Å². The highest BCUT2D eigenvalue weighted by molar-refractivity contribution is 5.97. The standard InChI is InChI=1S/C34H34N2O3/c1-5-36(18-17-22(2)3)25-15-16-28-32(20-25)38-31-19-23(4)30(35-24-11-7-6-8-12-24)21-29(31)34(28)27-14-10-9-13-26(27)33(37)39-34/h6-16,19-22,35H,5,17-18H2,1-4H3/t34-/m1/s1. The van der Waals surface area contributed by atoms with Gasteiger partial charge in [-0.15, -0.1) is 0 Å².